The predicted octanol–water partition coefficient (Wildman–Crippen LogP) is 3.96. The summed E-state index contributed by atoms with van der Waals surface area (Å²) in [6.45, 7) is 4.93. The van der Waals surface area contributed by atoms with E-state index in [-0.39, 0.29) is 19.1 Å². The number of carbonyl (C=O) groups excluding carboxylic acids is 1. The Morgan fingerprint density at radius 1 is 1.40 bits per heavy atom. The highest BCUT2D eigenvalue weighted by atomic mass is 35.5. The van der Waals surface area contributed by atoms with Crippen LogP contribution in [0.4, 0.5) is 4.79 Å². The first-order valence-corrected chi connectivity index (χ1v) is 9.06. The van der Waals surface area contributed by atoms with Gasteiger partial charge in [-0.1, -0.05) is 43.3 Å². The lowest BCUT2D eigenvalue weighted by Gasteiger charge is -2.09. The van der Waals surface area contributed by atoms with Crippen LogP contribution in [-0.2, 0) is 23.1 Å². The second-order valence-corrected chi connectivity index (χ2v) is 7.21. The number of nitrogens with zero attached hydrogens (tertiary/aromatic N) is 2. The van der Waals surface area contributed by atoms with Crippen LogP contribution in [0.25, 0.3) is 0 Å². The molecule has 136 valence electrons. The number of hydrogen-bond donors (Lipinski definition) is 1. The van der Waals surface area contributed by atoms with Gasteiger partial charge in [0.25, 0.3) is 0 Å². The van der Waals surface area contributed by atoms with Gasteiger partial charge >= 0.3 is 6.09 Å². The van der Waals surface area contributed by atoms with Crippen LogP contribution < -0.4 is 5.73 Å². The number of halogens is 1. The molecule has 0 spiro atoms. The number of hydrogen-bond acceptors (Lipinski definition) is 5. The van der Waals surface area contributed by atoms with E-state index < -0.39 is 6.09 Å². The molecule has 6 nitrogen and oxygen atoms in total. The highest BCUT2D eigenvalue weighted by Gasteiger charge is 2.18. The van der Waals surface area contributed by atoms with Crippen LogP contribution in [0.5, 0.6) is 0 Å². The Hall–Kier alpha value is -1.70. The third kappa shape index (κ3) is 5.66. The molecule has 1 heterocycles. The molecule has 1 aromatic carbocycles. The van der Waals surface area contributed by atoms with Gasteiger partial charge in [0.05, 0.1) is 12.3 Å². The Morgan fingerprint density at radius 3 is 2.80 bits per heavy atom. The molecule has 1 amide bonds. The Balaban J connectivity index is 2.10. The van der Waals surface area contributed by atoms with Crippen molar-refractivity contribution in [3.8, 4) is 0 Å². The molecule has 0 aliphatic rings. The normalized spacial score (nSPS) is 11.1. The van der Waals surface area contributed by atoms with Crippen LogP contribution in [0.1, 0.15) is 31.3 Å². The zero-order valence-corrected chi connectivity index (χ0v) is 16.1. The molecule has 0 bridgehead atoms. The number of primary amides is 1. The summed E-state index contributed by atoms with van der Waals surface area (Å²) >= 11 is 7.70. The summed E-state index contributed by atoms with van der Waals surface area (Å²) in [6.07, 6.45) is -0.803. The van der Waals surface area contributed by atoms with Gasteiger partial charge in [-0.25, -0.2) is 9.78 Å². The fraction of sp³-hybridized carbons (Fsp3) is 0.412. The number of carbonyl (C=O) groups is 1. The SMILES string of the molecule is CC(C)c1nc(COCCOC(N)=O)n(C)c1Sc1cccc(Cl)c1. The van der Waals surface area contributed by atoms with Gasteiger partial charge in [-0.3, -0.25) is 0 Å². The minimum absolute atomic E-state index is 0.126. The molecule has 1 aromatic heterocycles. The van der Waals surface area contributed by atoms with Gasteiger partial charge in [-0.2, -0.15) is 0 Å². The number of benzene rings is 1. The number of amides is 1. The monoisotopic (exact) mass is 383 g/mol. The number of nitrogens with two attached hydrogens (primary N) is 1. The summed E-state index contributed by atoms with van der Waals surface area (Å²) in [5, 5.41) is 1.76. The van der Waals surface area contributed by atoms with Crippen molar-refractivity contribution < 1.29 is 14.3 Å². The van der Waals surface area contributed by atoms with Crippen molar-refractivity contribution in [2.24, 2.45) is 12.8 Å². The molecule has 0 fully saturated rings. The summed E-state index contributed by atoms with van der Waals surface area (Å²) in [5.74, 6) is 1.09. The lowest BCUT2D eigenvalue weighted by atomic mass is 10.2. The highest BCUT2D eigenvalue weighted by Crippen LogP contribution is 2.35. The van der Waals surface area contributed by atoms with Crippen molar-refractivity contribution in [1.29, 1.82) is 0 Å². The molecule has 2 rings (SSSR count). The number of rotatable bonds is 8. The van der Waals surface area contributed by atoms with E-state index in [1.54, 1.807) is 11.8 Å². The maximum atomic E-state index is 10.5. The van der Waals surface area contributed by atoms with E-state index >= 15 is 0 Å². The molecular weight excluding hydrogens is 362 g/mol. The summed E-state index contributed by atoms with van der Waals surface area (Å²) < 4.78 is 12.2. The van der Waals surface area contributed by atoms with E-state index in [1.165, 1.54) is 0 Å². The molecule has 0 aliphatic carbocycles. The first-order valence-electron chi connectivity index (χ1n) is 7.87. The molecule has 25 heavy (non-hydrogen) atoms. The van der Waals surface area contributed by atoms with E-state index in [2.05, 4.69) is 18.6 Å². The van der Waals surface area contributed by atoms with Gasteiger partial charge in [0.1, 0.15) is 24.1 Å². The average Bonchev–Trinajstić information content (AvgIpc) is 2.84. The van der Waals surface area contributed by atoms with Gasteiger partial charge in [0.2, 0.25) is 0 Å². The van der Waals surface area contributed by atoms with Crippen LogP contribution in [0.15, 0.2) is 34.2 Å². The van der Waals surface area contributed by atoms with Gasteiger partial charge in [-0.15, -0.1) is 0 Å². The standard InChI is InChI=1S/C17H22ClN3O3S/c1-11(2)15-16(25-13-6-4-5-12(18)9-13)21(3)14(20-15)10-23-7-8-24-17(19)22/h4-6,9,11H,7-8,10H2,1-3H3,(H2,19,22). The van der Waals surface area contributed by atoms with Crippen molar-refractivity contribution in [2.45, 2.75) is 36.3 Å². The predicted molar refractivity (Wildman–Crippen MR) is 98.1 cm³/mol. The number of imidazole rings is 1. The molecule has 0 saturated carbocycles. The molecule has 8 heteroatoms. The van der Waals surface area contributed by atoms with Gasteiger partial charge in [-0.05, 0) is 24.1 Å². The second-order valence-electron chi connectivity index (χ2n) is 5.71. The van der Waals surface area contributed by atoms with Gasteiger partial charge in [0.15, 0.2) is 0 Å². The first-order chi connectivity index (χ1) is 11.9. The Bertz CT molecular complexity index is 734. The Morgan fingerprint density at radius 2 is 2.16 bits per heavy atom. The Kier molecular flexibility index (Phi) is 7.16. The van der Waals surface area contributed by atoms with Gasteiger partial charge in [0, 0.05) is 17.0 Å². The number of aromatic nitrogens is 2. The van der Waals surface area contributed by atoms with Crippen molar-refractivity contribution >= 4 is 29.5 Å². The van der Waals surface area contributed by atoms with Crippen molar-refractivity contribution in [3.63, 3.8) is 0 Å². The molecule has 0 aliphatic heterocycles. The third-order valence-corrected chi connectivity index (χ3v) is 4.82. The van der Waals surface area contributed by atoms with Crippen LogP contribution in [-0.4, -0.2) is 28.9 Å². The van der Waals surface area contributed by atoms with E-state index in [0.717, 1.165) is 21.4 Å². The van der Waals surface area contributed by atoms with Crippen molar-refractivity contribution in [1.82, 2.24) is 9.55 Å². The summed E-state index contributed by atoms with van der Waals surface area (Å²) in [7, 11) is 1.96. The lowest BCUT2D eigenvalue weighted by Crippen LogP contribution is -2.16. The van der Waals surface area contributed by atoms with Gasteiger partial charge < -0.3 is 19.8 Å². The molecule has 2 N–H and O–H groups in total. The van der Waals surface area contributed by atoms with E-state index in [9.17, 15) is 4.79 Å². The number of ether oxygens (including phenoxy) is 2. The quantitative estimate of drug-likeness (QED) is 0.698. The molecule has 0 unspecified atom stereocenters. The van der Waals surface area contributed by atoms with Crippen LogP contribution in [0.3, 0.4) is 0 Å². The topological polar surface area (TPSA) is 79.4 Å². The van der Waals surface area contributed by atoms with Crippen LogP contribution in [0.2, 0.25) is 5.02 Å². The first kappa shape index (κ1) is 19.6. The van der Waals surface area contributed by atoms with E-state index in [4.69, 9.17) is 27.1 Å². The molecule has 0 atom stereocenters. The van der Waals surface area contributed by atoms with Crippen LogP contribution >= 0.6 is 23.4 Å². The average molecular weight is 384 g/mol. The van der Waals surface area contributed by atoms with E-state index in [1.807, 2.05) is 35.9 Å². The largest absolute Gasteiger partial charge is 0.447 e. The second kappa shape index (κ2) is 9.12. The van der Waals surface area contributed by atoms with Crippen molar-refractivity contribution in [3.05, 3.63) is 40.8 Å². The molecular formula is C17H22ClN3O3S. The fourth-order valence-corrected chi connectivity index (χ4v) is 3.62. The highest BCUT2D eigenvalue weighted by molar-refractivity contribution is 7.99. The molecule has 2 aromatic rings. The minimum Gasteiger partial charge on any atom is -0.447 e. The summed E-state index contributed by atoms with van der Waals surface area (Å²) in [5.41, 5.74) is 5.92. The smallest absolute Gasteiger partial charge is 0.404 e. The lowest BCUT2D eigenvalue weighted by molar-refractivity contribution is 0.0640. The Labute approximate surface area is 156 Å². The maximum absolute atomic E-state index is 10.5. The van der Waals surface area contributed by atoms with Crippen molar-refractivity contribution in [2.75, 3.05) is 13.2 Å². The summed E-state index contributed by atoms with van der Waals surface area (Å²) in [6, 6.07) is 7.73. The fourth-order valence-electron chi connectivity index (χ4n) is 2.18. The zero-order valence-electron chi connectivity index (χ0n) is 14.5. The molecule has 0 saturated heterocycles. The van der Waals surface area contributed by atoms with E-state index in [0.29, 0.717) is 11.6 Å². The van der Waals surface area contributed by atoms with Crippen LogP contribution in [0, 0.1) is 0 Å². The third-order valence-electron chi connectivity index (χ3n) is 3.42. The summed E-state index contributed by atoms with van der Waals surface area (Å²) in [4.78, 5) is 16.3. The molecule has 0 radical (unpaired) electrons. The maximum Gasteiger partial charge on any atom is 0.404 e. The minimum atomic E-state index is -0.803. The zero-order chi connectivity index (χ0) is 18.4.